The molecule has 180 valence electrons. The second-order valence-corrected chi connectivity index (χ2v) is 11.1. The molecule has 3 aromatic rings. The lowest BCUT2D eigenvalue weighted by Gasteiger charge is -2.38. The van der Waals surface area contributed by atoms with Crippen LogP contribution in [0, 0.1) is 0 Å². The summed E-state index contributed by atoms with van der Waals surface area (Å²) in [6.07, 6.45) is 5.08. The summed E-state index contributed by atoms with van der Waals surface area (Å²) in [6.45, 7) is 8.74. The van der Waals surface area contributed by atoms with E-state index in [1.807, 2.05) is 29.1 Å². The number of hydrogen-bond acceptors (Lipinski definition) is 4. The molecular weight excluding hydrogens is 462 g/mol. The third-order valence-electron chi connectivity index (χ3n) is 7.42. The van der Waals surface area contributed by atoms with Crippen molar-refractivity contribution in [3.05, 3.63) is 76.3 Å². The Morgan fingerprint density at radius 1 is 1.15 bits per heavy atom. The summed E-state index contributed by atoms with van der Waals surface area (Å²) >= 11 is 7.70. The first-order chi connectivity index (χ1) is 16.2. The summed E-state index contributed by atoms with van der Waals surface area (Å²) in [7, 11) is 0. The lowest BCUT2D eigenvalue weighted by Crippen LogP contribution is -2.38. The molecule has 0 amide bonds. The van der Waals surface area contributed by atoms with E-state index in [4.69, 9.17) is 16.7 Å². The van der Waals surface area contributed by atoms with Gasteiger partial charge in [0.25, 0.3) is 0 Å². The lowest BCUT2D eigenvalue weighted by molar-refractivity contribution is 0.0942. The molecule has 0 spiro atoms. The molecule has 1 aromatic heterocycles. The number of benzene rings is 2. The Kier molecular flexibility index (Phi) is 7.16. The van der Waals surface area contributed by atoms with Gasteiger partial charge in [-0.15, -0.1) is 11.8 Å². The monoisotopic (exact) mass is 495 g/mol. The predicted octanol–water partition coefficient (Wildman–Crippen LogP) is 7.88. The average molecular weight is 496 g/mol. The number of aromatic nitrogens is 2. The number of ketones is 1. The van der Waals surface area contributed by atoms with Crippen molar-refractivity contribution < 1.29 is 4.79 Å². The fraction of sp³-hybridized carbons (Fsp3) is 0.429. The van der Waals surface area contributed by atoms with E-state index in [1.165, 1.54) is 5.56 Å². The number of fused-ring (bicyclic) bond motifs is 1. The zero-order valence-corrected chi connectivity index (χ0v) is 22.3. The minimum absolute atomic E-state index is 0.125. The topological polar surface area (TPSA) is 46.9 Å². The van der Waals surface area contributed by atoms with Crippen LogP contribution in [0.3, 0.4) is 0 Å². The van der Waals surface area contributed by atoms with Crippen LogP contribution >= 0.6 is 23.4 Å². The van der Waals surface area contributed by atoms with Crippen LogP contribution in [0.4, 0.5) is 5.82 Å². The van der Waals surface area contributed by atoms with E-state index in [0.29, 0.717) is 11.4 Å². The van der Waals surface area contributed by atoms with Gasteiger partial charge in [0, 0.05) is 16.9 Å². The molecule has 0 radical (unpaired) electrons. The zero-order valence-electron chi connectivity index (χ0n) is 20.7. The second kappa shape index (κ2) is 9.79. The Bertz CT molecular complexity index is 1150. The van der Waals surface area contributed by atoms with Crippen LogP contribution in [0.5, 0.6) is 0 Å². The third-order valence-corrected chi connectivity index (χ3v) is 8.35. The van der Waals surface area contributed by atoms with Gasteiger partial charge in [-0.25, -0.2) is 4.68 Å². The van der Waals surface area contributed by atoms with E-state index in [1.54, 1.807) is 11.8 Å². The van der Waals surface area contributed by atoms with Crippen LogP contribution in [0.15, 0.2) is 59.6 Å². The van der Waals surface area contributed by atoms with Crippen LogP contribution in [0.1, 0.15) is 80.9 Å². The standard InChI is InChI=1S/C28H34ClN3OS/c1-6-28(7-2,20-13-15-21(29)16-14-20)18-23(33)24-25-30-22(19-11-9-8-10-12-19)17-27(3,4)32(25)31-26(24)34-5/h8-16,22,30H,6-7,17-18H2,1-5H3. The number of carbonyl (C=O) groups excluding carboxylic acids is 1. The van der Waals surface area contributed by atoms with Gasteiger partial charge >= 0.3 is 0 Å². The summed E-state index contributed by atoms with van der Waals surface area (Å²) in [5.74, 6) is 0.984. The molecule has 0 saturated carbocycles. The molecule has 2 heterocycles. The van der Waals surface area contributed by atoms with Crippen molar-refractivity contribution in [1.29, 1.82) is 0 Å². The number of nitrogens with zero attached hydrogens (tertiary/aromatic N) is 2. The summed E-state index contributed by atoms with van der Waals surface area (Å²) in [6, 6.07) is 18.6. The number of carbonyl (C=O) groups is 1. The fourth-order valence-corrected chi connectivity index (χ4v) is 5.97. The highest BCUT2D eigenvalue weighted by atomic mass is 35.5. The maximum Gasteiger partial charge on any atom is 0.170 e. The Hall–Kier alpha value is -2.24. The number of Topliss-reactive ketones (excluding diaryl/α,β-unsaturated/α-hetero) is 1. The largest absolute Gasteiger partial charge is 0.363 e. The number of hydrogen-bond donors (Lipinski definition) is 1. The normalized spacial score (nSPS) is 17.2. The number of halogens is 1. The molecule has 0 fully saturated rings. The molecule has 1 N–H and O–H groups in total. The maximum absolute atomic E-state index is 14.1. The van der Waals surface area contributed by atoms with Gasteiger partial charge in [0.15, 0.2) is 5.78 Å². The first kappa shape index (κ1) is 24.9. The fourth-order valence-electron chi connectivity index (χ4n) is 5.26. The summed E-state index contributed by atoms with van der Waals surface area (Å²) in [5, 5.41) is 10.1. The van der Waals surface area contributed by atoms with Gasteiger partial charge in [-0.2, -0.15) is 5.10 Å². The molecule has 34 heavy (non-hydrogen) atoms. The molecule has 4 nitrogen and oxygen atoms in total. The van der Waals surface area contributed by atoms with Gasteiger partial charge in [0.2, 0.25) is 0 Å². The predicted molar refractivity (Wildman–Crippen MR) is 143 cm³/mol. The number of anilines is 1. The summed E-state index contributed by atoms with van der Waals surface area (Å²) < 4.78 is 2.04. The minimum atomic E-state index is -0.241. The number of rotatable bonds is 8. The summed E-state index contributed by atoms with van der Waals surface area (Å²) in [5.41, 5.74) is 2.66. The van der Waals surface area contributed by atoms with Crippen molar-refractivity contribution in [3.63, 3.8) is 0 Å². The molecule has 1 aliphatic heterocycles. The maximum atomic E-state index is 14.1. The minimum Gasteiger partial charge on any atom is -0.363 e. The van der Waals surface area contributed by atoms with Crippen molar-refractivity contribution >= 4 is 35.0 Å². The van der Waals surface area contributed by atoms with Gasteiger partial charge in [0.05, 0.1) is 17.1 Å². The van der Waals surface area contributed by atoms with E-state index in [2.05, 4.69) is 69.4 Å². The zero-order chi connectivity index (χ0) is 24.5. The first-order valence-electron chi connectivity index (χ1n) is 12.0. The van der Waals surface area contributed by atoms with E-state index in [0.717, 1.165) is 41.2 Å². The van der Waals surface area contributed by atoms with Gasteiger partial charge in [-0.05, 0) is 62.6 Å². The van der Waals surface area contributed by atoms with Crippen LogP contribution in [-0.4, -0.2) is 21.8 Å². The van der Waals surface area contributed by atoms with Crippen LogP contribution in [0.2, 0.25) is 5.02 Å². The molecule has 4 rings (SSSR count). The molecule has 2 aromatic carbocycles. The van der Waals surface area contributed by atoms with Gasteiger partial charge in [-0.3, -0.25) is 4.79 Å². The molecule has 1 unspecified atom stereocenters. The molecule has 0 bridgehead atoms. The van der Waals surface area contributed by atoms with E-state index >= 15 is 0 Å². The molecule has 0 saturated heterocycles. The number of thioether (sulfide) groups is 1. The SMILES string of the molecule is CCC(CC)(CC(=O)c1c(SC)nn2c1NC(c1ccccc1)CC2(C)C)c1ccc(Cl)cc1. The van der Waals surface area contributed by atoms with Crippen molar-refractivity contribution in [2.45, 2.75) is 75.4 Å². The van der Waals surface area contributed by atoms with Gasteiger partial charge < -0.3 is 5.32 Å². The Morgan fingerprint density at radius 2 is 1.79 bits per heavy atom. The van der Waals surface area contributed by atoms with Crippen molar-refractivity contribution in [2.75, 3.05) is 11.6 Å². The molecule has 6 heteroatoms. The highest BCUT2D eigenvalue weighted by molar-refractivity contribution is 7.98. The van der Waals surface area contributed by atoms with Crippen molar-refractivity contribution in [1.82, 2.24) is 9.78 Å². The molecule has 0 aliphatic carbocycles. The highest BCUT2D eigenvalue weighted by Gasteiger charge is 2.40. The van der Waals surface area contributed by atoms with Crippen LogP contribution < -0.4 is 5.32 Å². The van der Waals surface area contributed by atoms with Gasteiger partial charge in [-0.1, -0.05) is 67.9 Å². The first-order valence-corrected chi connectivity index (χ1v) is 13.6. The van der Waals surface area contributed by atoms with Crippen molar-refractivity contribution in [3.8, 4) is 0 Å². The second-order valence-electron chi connectivity index (χ2n) is 9.86. The lowest BCUT2D eigenvalue weighted by atomic mass is 9.71. The van der Waals surface area contributed by atoms with E-state index in [9.17, 15) is 4.79 Å². The molecule has 1 atom stereocenters. The van der Waals surface area contributed by atoms with Gasteiger partial charge in [0.1, 0.15) is 10.8 Å². The molecule has 1 aliphatic rings. The number of nitrogens with one attached hydrogen (secondary N) is 1. The van der Waals surface area contributed by atoms with Crippen LogP contribution in [0.25, 0.3) is 0 Å². The van der Waals surface area contributed by atoms with E-state index in [-0.39, 0.29) is 22.8 Å². The Labute approximate surface area is 212 Å². The van der Waals surface area contributed by atoms with E-state index < -0.39 is 0 Å². The average Bonchev–Trinajstić information content (AvgIpc) is 3.23. The van der Waals surface area contributed by atoms with Crippen LogP contribution in [-0.2, 0) is 11.0 Å². The third kappa shape index (κ3) is 4.52. The van der Waals surface area contributed by atoms with Crippen molar-refractivity contribution in [2.24, 2.45) is 0 Å². The molecular formula is C28H34ClN3OS. The quantitative estimate of drug-likeness (QED) is 0.255. The highest BCUT2D eigenvalue weighted by Crippen LogP contribution is 2.44. The Balaban J connectivity index is 1.75. The smallest absolute Gasteiger partial charge is 0.170 e. The summed E-state index contributed by atoms with van der Waals surface area (Å²) in [4.78, 5) is 14.1. The Morgan fingerprint density at radius 3 is 2.38 bits per heavy atom.